The quantitative estimate of drug-likeness (QED) is 0.533. The second kappa shape index (κ2) is 5.69. The number of hydrogen-bond donors (Lipinski definition) is 0. The summed E-state index contributed by atoms with van der Waals surface area (Å²) >= 11 is 0. The fraction of sp³-hybridized carbons (Fsp3) is 0.857. The number of halogens is 3. The molecule has 4 nitrogen and oxygen atoms in total. The summed E-state index contributed by atoms with van der Waals surface area (Å²) in [6.07, 6.45) is -8.71. The molecule has 7 heteroatoms. The number of alkyl halides is 3. The smallest absolute Gasteiger partial charge is 0.435 e. The molecule has 0 aromatic heterocycles. The van der Waals surface area contributed by atoms with Crippen LogP contribution in [0, 0.1) is 0 Å². The molecule has 1 unspecified atom stereocenters. The Morgan fingerprint density at radius 1 is 1.29 bits per heavy atom. The lowest BCUT2D eigenvalue weighted by molar-refractivity contribution is -0.294. The molecule has 0 bridgehead atoms. The SMILES string of the molecule is CCOC(=O)OC(OCC)C(F)(F)F. The van der Waals surface area contributed by atoms with Gasteiger partial charge in [-0.3, -0.25) is 0 Å². The van der Waals surface area contributed by atoms with E-state index in [2.05, 4.69) is 14.2 Å². The summed E-state index contributed by atoms with van der Waals surface area (Å²) in [7, 11) is 0. The lowest BCUT2D eigenvalue weighted by Crippen LogP contribution is -2.36. The van der Waals surface area contributed by atoms with Gasteiger partial charge in [0.1, 0.15) is 0 Å². The second-order valence-electron chi connectivity index (χ2n) is 2.13. The molecule has 0 radical (unpaired) electrons. The van der Waals surface area contributed by atoms with Gasteiger partial charge in [0, 0.05) is 6.61 Å². The maximum atomic E-state index is 12.0. The lowest BCUT2D eigenvalue weighted by Gasteiger charge is -2.19. The number of hydrogen-bond acceptors (Lipinski definition) is 4. The number of ether oxygens (including phenoxy) is 3. The third-order valence-corrected chi connectivity index (χ3v) is 1.05. The Balaban J connectivity index is 4.16. The van der Waals surface area contributed by atoms with Crippen LogP contribution in [0.15, 0.2) is 0 Å². The average Bonchev–Trinajstić information content (AvgIpc) is 2.02. The van der Waals surface area contributed by atoms with Gasteiger partial charge in [-0.25, -0.2) is 4.79 Å². The standard InChI is InChI=1S/C7H11F3O4/c1-3-12-5(7(8,9)10)14-6(11)13-4-2/h5H,3-4H2,1-2H3. The van der Waals surface area contributed by atoms with Crippen molar-refractivity contribution in [3.8, 4) is 0 Å². The van der Waals surface area contributed by atoms with Crippen molar-refractivity contribution >= 4 is 6.16 Å². The van der Waals surface area contributed by atoms with E-state index in [1.165, 1.54) is 13.8 Å². The van der Waals surface area contributed by atoms with Crippen LogP contribution in [0.3, 0.4) is 0 Å². The summed E-state index contributed by atoms with van der Waals surface area (Å²) in [5.74, 6) is 0. The van der Waals surface area contributed by atoms with E-state index in [0.717, 1.165) is 0 Å². The first-order chi connectivity index (χ1) is 6.41. The van der Waals surface area contributed by atoms with Crippen molar-refractivity contribution in [2.45, 2.75) is 26.3 Å². The number of rotatable bonds is 4. The Bertz CT molecular complexity index is 180. The van der Waals surface area contributed by atoms with Crippen molar-refractivity contribution in [3.05, 3.63) is 0 Å². The highest BCUT2D eigenvalue weighted by Crippen LogP contribution is 2.24. The third kappa shape index (κ3) is 4.90. The summed E-state index contributed by atoms with van der Waals surface area (Å²) in [5.41, 5.74) is 0. The van der Waals surface area contributed by atoms with Gasteiger partial charge < -0.3 is 14.2 Å². The van der Waals surface area contributed by atoms with Crippen LogP contribution in [0.2, 0.25) is 0 Å². The van der Waals surface area contributed by atoms with Gasteiger partial charge in [-0.15, -0.1) is 0 Å². The van der Waals surface area contributed by atoms with Gasteiger partial charge in [-0.2, -0.15) is 13.2 Å². The molecular formula is C7H11F3O4. The Hall–Kier alpha value is -0.980. The Labute approximate surface area is 78.9 Å². The maximum Gasteiger partial charge on any atom is 0.510 e. The van der Waals surface area contributed by atoms with Gasteiger partial charge in [0.15, 0.2) is 0 Å². The van der Waals surface area contributed by atoms with E-state index in [-0.39, 0.29) is 13.2 Å². The monoisotopic (exact) mass is 216 g/mol. The largest absolute Gasteiger partial charge is 0.510 e. The van der Waals surface area contributed by atoms with E-state index in [1.807, 2.05) is 0 Å². The minimum Gasteiger partial charge on any atom is -0.435 e. The average molecular weight is 216 g/mol. The third-order valence-electron chi connectivity index (χ3n) is 1.05. The highest BCUT2D eigenvalue weighted by molar-refractivity contribution is 5.59. The molecule has 0 rings (SSSR count). The molecule has 0 heterocycles. The first-order valence-corrected chi connectivity index (χ1v) is 3.93. The fourth-order valence-electron chi connectivity index (χ4n) is 0.586. The van der Waals surface area contributed by atoms with Crippen LogP contribution in [0.4, 0.5) is 18.0 Å². The van der Waals surface area contributed by atoms with Crippen molar-refractivity contribution < 1.29 is 32.2 Å². The summed E-state index contributed by atoms with van der Waals surface area (Å²) in [5, 5.41) is 0. The minimum atomic E-state index is -4.75. The van der Waals surface area contributed by atoms with Crippen molar-refractivity contribution in [2.24, 2.45) is 0 Å². The predicted molar refractivity (Wildman–Crippen MR) is 39.6 cm³/mol. The van der Waals surface area contributed by atoms with Crippen molar-refractivity contribution in [3.63, 3.8) is 0 Å². The van der Waals surface area contributed by atoms with Gasteiger partial charge in [0.2, 0.25) is 0 Å². The van der Waals surface area contributed by atoms with E-state index < -0.39 is 18.6 Å². The zero-order valence-corrected chi connectivity index (χ0v) is 7.76. The van der Waals surface area contributed by atoms with Crippen LogP contribution in [0.1, 0.15) is 13.8 Å². The molecule has 14 heavy (non-hydrogen) atoms. The van der Waals surface area contributed by atoms with E-state index in [4.69, 9.17) is 0 Å². The van der Waals surface area contributed by atoms with Crippen LogP contribution >= 0.6 is 0 Å². The summed E-state index contributed by atoms with van der Waals surface area (Å²) in [6.45, 7) is 2.52. The number of carbonyl (C=O) groups is 1. The van der Waals surface area contributed by atoms with E-state index >= 15 is 0 Å². The predicted octanol–water partition coefficient (Wildman–Crippen LogP) is 2.08. The van der Waals surface area contributed by atoms with Crippen molar-refractivity contribution in [1.82, 2.24) is 0 Å². The molecule has 0 aliphatic rings. The molecule has 0 aromatic rings. The second-order valence-corrected chi connectivity index (χ2v) is 2.13. The molecule has 0 fully saturated rings. The van der Waals surface area contributed by atoms with Crippen LogP contribution in [-0.4, -0.2) is 31.8 Å². The maximum absolute atomic E-state index is 12.0. The van der Waals surface area contributed by atoms with Crippen LogP contribution in [-0.2, 0) is 14.2 Å². The first kappa shape index (κ1) is 13.0. The summed E-state index contributed by atoms with van der Waals surface area (Å²) in [6, 6.07) is 0. The molecule has 84 valence electrons. The molecule has 0 amide bonds. The molecule has 0 aliphatic carbocycles. The van der Waals surface area contributed by atoms with E-state index in [1.54, 1.807) is 0 Å². The molecule has 0 aromatic carbocycles. The van der Waals surface area contributed by atoms with Crippen molar-refractivity contribution in [1.29, 1.82) is 0 Å². The van der Waals surface area contributed by atoms with Crippen LogP contribution < -0.4 is 0 Å². The van der Waals surface area contributed by atoms with Gasteiger partial charge in [0.25, 0.3) is 0 Å². The highest BCUT2D eigenvalue weighted by Gasteiger charge is 2.44. The molecule has 0 saturated carbocycles. The first-order valence-electron chi connectivity index (χ1n) is 3.93. The van der Waals surface area contributed by atoms with Gasteiger partial charge in [-0.05, 0) is 13.8 Å². The zero-order valence-electron chi connectivity index (χ0n) is 7.76. The van der Waals surface area contributed by atoms with E-state index in [0.29, 0.717) is 0 Å². The zero-order chi connectivity index (χ0) is 11.2. The Kier molecular flexibility index (Phi) is 5.29. The number of carbonyl (C=O) groups excluding carboxylic acids is 1. The van der Waals surface area contributed by atoms with Crippen molar-refractivity contribution in [2.75, 3.05) is 13.2 Å². The highest BCUT2D eigenvalue weighted by atomic mass is 19.4. The van der Waals surface area contributed by atoms with E-state index in [9.17, 15) is 18.0 Å². The van der Waals surface area contributed by atoms with Crippen LogP contribution in [0.25, 0.3) is 0 Å². The Morgan fingerprint density at radius 2 is 1.86 bits per heavy atom. The molecule has 0 spiro atoms. The topological polar surface area (TPSA) is 44.8 Å². The molecule has 0 saturated heterocycles. The molecular weight excluding hydrogens is 205 g/mol. The molecule has 0 aliphatic heterocycles. The normalized spacial score (nSPS) is 13.5. The lowest BCUT2D eigenvalue weighted by atomic mass is 10.6. The molecule has 0 N–H and O–H groups in total. The molecule has 1 atom stereocenters. The minimum absolute atomic E-state index is 0.0600. The Morgan fingerprint density at radius 3 is 2.21 bits per heavy atom. The summed E-state index contributed by atoms with van der Waals surface area (Å²) < 4.78 is 48.4. The van der Waals surface area contributed by atoms with Gasteiger partial charge in [-0.1, -0.05) is 0 Å². The van der Waals surface area contributed by atoms with Gasteiger partial charge in [0.05, 0.1) is 6.61 Å². The fourth-order valence-corrected chi connectivity index (χ4v) is 0.586. The van der Waals surface area contributed by atoms with Gasteiger partial charge >= 0.3 is 18.6 Å². The summed E-state index contributed by atoms with van der Waals surface area (Å²) in [4.78, 5) is 10.6. The van der Waals surface area contributed by atoms with Crippen LogP contribution in [0.5, 0.6) is 0 Å².